The highest BCUT2D eigenvalue weighted by atomic mass is 79.9. The Balaban J connectivity index is 1.71. The number of benzene rings is 1. The van der Waals surface area contributed by atoms with Gasteiger partial charge in [-0.2, -0.15) is 0 Å². The molecule has 1 N–H and O–H groups in total. The van der Waals surface area contributed by atoms with Crippen molar-refractivity contribution in [2.45, 2.75) is 32.0 Å². The summed E-state index contributed by atoms with van der Waals surface area (Å²) in [6.45, 7) is 1.50. The molecule has 5 heteroatoms. The number of hydrogen-bond donors (Lipinski definition) is 1. The Kier molecular flexibility index (Phi) is 3.66. The molecule has 0 unspecified atom stereocenters. The van der Waals surface area contributed by atoms with Crippen LogP contribution >= 0.6 is 15.9 Å². The Morgan fingerprint density at radius 3 is 3.00 bits per heavy atom. The molecule has 19 heavy (non-hydrogen) atoms. The Hall–Kier alpha value is -1.20. The molecule has 0 amide bonds. The largest absolute Gasteiger partial charge is 0.329 e. The van der Waals surface area contributed by atoms with E-state index in [1.54, 1.807) is 6.07 Å². The maximum atomic E-state index is 13.2. The van der Waals surface area contributed by atoms with Gasteiger partial charge in [0.25, 0.3) is 0 Å². The van der Waals surface area contributed by atoms with Crippen molar-refractivity contribution in [3.8, 4) is 0 Å². The minimum Gasteiger partial charge on any atom is -0.329 e. The predicted molar refractivity (Wildman–Crippen MR) is 75.3 cm³/mol. The summed E-state index contributed by atoms with van der Waals surface area (Å²) in [5.74, 6) is 0.789. The Labute approximate surface area is 120 Å². The third-order valence-corrected chi connectivity index (χ3v) is 3.87. The number of hydrogen-bond acceptors (Lipinski definition) is 2. The number of aromatic nitrogens is 2. The van der Waals surface area contributed by atoms with Crippen molar-refractivity contribution in [3.63, 3.8) is 0 Å². The Bertz CT molecular complexity index is 578. The molecule has 0 radical (unpaired) electrons. The summed E-state index contributed by atoms with van der Waals surface area (Å²) in [7, 11) is 0. The first kappa shape index (κ1) is 12.8. The molecule has 1 fully saturated rings. The van der Waals surface area contributed by atoms with Gasteiger partial charge in [0.1, 0.15) is 11.6 Å². The van der Waals surface area contributed by atoms with E-state index < -0.39 is 0 Å². The van der Waals surface area contributed by atoms with Crippen LogP contribution in [0, 0.1) is 5.82 Å². The fourth-order valence-electron chi connectivity index (χ4n) is 2.01. The average Bonchev–Trinajstić information content (AvgIpc) is 3.12. The molecule has 0 spiro atoms. The molecule has 0 atom stereocenters. The zero-order valence-corrected chi connectivity index (χ0v) is 12.0. The molecule has 0 saturated heterocycles. The fourth-order valence-corrected chi connectivity index (χ4v) is 2.44. The quantitative estimate of drug-likeness (QED) is 0.916. The predicted octanol–water partition coefficient (Wildman–Crippen LogP) is 3.09. The second kappa shape index (κ2) is 5.43. The van der Waals surface area contributed by atoms with E-state index in [9.17, 15) is 4.39 Å². The number of nitrogens with zero attached hydrogens (tertiary/aromatic N) is 2. The number of halogens is 2. The van der Waals surface area contributed by atoms with Gasteiger partial charge < -0.3 is 9.88 Å². The Morgan fingerprint density at radius 2 is 2.26 bits per heavy atom. The van der Waals surface area contributed by atoms with E-state index in [-0.39, 0.29) is 5.82 Å². The van der Waals surface area contributed by atoms with Crippen molar-refractivity contribution < 1.29 is 4.39 Å². The van der Waals surface area contributed by atoms with Crippen LogP contribution in [0.4, 0.5) is 4.39 Å². The summed E-state index contributed by atoms with van der Waals surface area (Å²) in [6, 6.07) is 5.77. The van der Waals surface area contributed by atoms with Gasteiger partial charge in [-0.15, -0.1) is 0 Å². The van der Waals surface area contributed by atoms with Gasteiger partial charge in [-0.3, -0.25) is 0 Å². The molecule has 1 aliphatic rings. The van der Waals surface area contributed by atoms with Crippen molar-refractivity contribution in [1.29, 1.82) is 0 Å². The molecule has 100 valence electrons. The van der Waals surface area contributed by atoms with Crippen LogP contribution in [0.15, 0.2) is 35.1 Å². The minimum absolute atomic E-state index is 0.231. The van der Waals surface area contributed by atoms with Gasteiger partial charge in [0.05, 0.1) is 11.0 Å². The molecule has 1 aromatic carbocycles. The lowest BCUT2D eigenvalue weighted by Gasteiger charge is -2.09. The number of rotatable bonds is 5. The van der Waals surface area contributed by atoms with E-state index in [1.165, 1.54) is 18.9 Å². The van der Waals surface area contributed by atoms with Crippen molar-refractivity contribution in [1.82, 2.24) is 14.9 Å². The van der Waals surface area contributed by atoms with E-state index in [2.05, 4.69) is 30.8 Å². The topological polar surface area (TPSA) is 29.9 Å². The number of nitrogens with one attached hydrogen (secondary N) is 1. The van der Waals surface area contributed by atoms with Crippen molar-refractivity contribution in [2.24, 2.45) is 0 Å². The minimum atomic E-state index is -0.231. The molecule has 1 saturated carbocycles. The SMILES string of the molecule is Fc1ccc(Cn2ccnc2CNC2CC2)cc1Br. The van der Waals surface area contributed by atoms with Crippen LogP contribution in [0.3, 0.4) is 0 Å². The van der Waals surface area contributed by atoms with Crippen LogP contribution in [0.2, 0.25) is 0 Å². The highest BCUT2D eigenvalue weighted by molar-refractivity contribution is 9.10. The van der Waals surface area contributed by atoms with Gasteiger partial charge >= 0.3 is 0 Å². The van der Waals surface area contributed by atoms with Crippen LogP contribution in [0.1, 0.15) is 24.2 Å². The zero-order chi connectivity index (χ0) is 13.2. The van der Waals surface area contributed by atoms with Gasteiger partial charge in [0.15, 0.2) is 0 Å². The van der Waals surface area contributed by atoms with Crippen molar-refractivity contribution in [3.05, 3.63) is 52.3 Å². The molecule has 2 aromatic rings. The second-order valence-corrected chi connectivity index (χ2v) is 5.73. The first-order valence-corrected chi connectivity index (χ1v) is 7.19. The first-order chi connectivity index (χ1) is 9.22. The molecule has 0 bridgehead atoms. The number of imidazole rings is 1. The Morgan fingerprint density at radius 1 is 1.42 bits per heavy atom. The highest BCUT2D eigenvalue weighted by Gasteiger charge is 2.20. The maximum Gasteiger partial charge on any atom is 0.137 e. The normalized spacial score (nSPS) is 14.8. The zero-order valence-electron chi connectivity index (χ0n) is 10.4. The third kappa shape index (κ3) is 3.22. The summed E-state index contributed by atoms with van der Waals surface area (Å²) in [5, 5.41) is 3.45. The van der Waals surface area contributed by atoms with E-state index in [4.69, 9.17) is 0 Å². The van der Waals surface area contributed by atoms with Crippen LogP contribution < -0.4 is 5.32 Å². The van der Waals surface area contributed by atoms with E-state index >= 15 is 0 Å². The summed E-state index contributed by atoms with van der Waals surface area (Å²) in [5.41, 5.74) is 1.05. The van der Waals surface area contributed by atoms with Crippen LogP contribution in [-0.4, -0.2) is 15.6 Å². The van der Waals surface area contributed by atoms with Crippen LogP contribution in [0.5, 0.6) is 0 Å². The molecular weight excluding hydrogens is 309 g/mol. The average molecular weight is 324 g/mol. The second-order valence-electron chi connectivity index (χ2n) is 4.88. The molecule has 1 heterocycles. The lowest BCUT2D eigenvalue weighted by atomic mass is 10.2. The highest BCUT2D eigenvalue weighted by Crippen LogP contribution is 2.20. The van der Waals surface area contributed by atoms with Gasteiger partial charge in [-0.1, -0.05) is 6.07 Å². The standard InChI is InChI=1S/C14H15BrFN3/c15-12-7-10(1-4-13(12)16)9-19-6-5-17-14(19)8-18-11-2-3-11/h1,4-7,11,18H,2-3,8-9H2. The smallest absolute Gasteiger partial charge is 0.137 e. The molecule has 0 aliphatic heterocycles. The van der Waals surface area contributed by atoms with Crippen LogP contribution in [0.25, 0.3) is 0 Å². The summed E-state index contributed by atoms with van der Waals surface area (Å²) in [6.07, 6.45) is 6.31. The third-order valence-electron chi connectivity index (χ3n) is 3.26. The molecule has 3 rings (SSSR count). The van der Waals surface area contributed by atoms with Crippen molar-refractivity contribution >= 4 is 15.9 Å². The van der Waals surface area contributed by atoms with E-state index in [1.807, 2.05) is 18.5 Å². The first-order valence-electron chi connectivity index (χ1n) is 6.40. The molecule has 1 aromatic heterocycles. The van der Waals surface area contributed by atoms with Crippen molar-refractivity contribution in [2.75, 3.05) is 0 Å². The lowest BCUT2D eigenvalue weighted by Crippen LogP contribution is -2.19. The van der Waals surface area contributed by atoms with Crippen LogP contribution in [-0.2, 0) is 13.1 Å². The molecule has 3 nitrogen and oxygen atoms in total. The van der Waals surface area contributed by atoms with Gasteiger partial charge in [-0.25, -0.2) is 9.37 Å². The lowest BCUT2D eigenvalue weighted by molar-refractivity contribution is 0.611. The van der Waals surface area contributed by atoms with E-state index in [0.717, 1.165) is 17.9 Å². The summed E-state index contributed by atoms with van der Waals surface area (Å²) < 4.78 is 15.8. The van der Waals surface area contributed by atoms with E-state index in [0.29, 0.717) is 17.1 Å². The fraction of sp³-hybridized carbons (Fsp3) is 0.357. The van der Waals surface area contributed by atoms with Gasteiger partial charge in [-0.05, 0) is 46.5 Å². The molecular formula is C14H15BrFN3. The van der Waals surface area contributed by atoms with Gasteiger partial charge in [0.2, 0.25) is 0 Å². The summed E-state index contributed by atoms with van der Waals surface area (Å²) in [4.78, 5) is 4.37. The summed E-state index contributed by atoms with van der Waals surface area (Å²) >= 11 is 3.21. The monoisotopic (exact) mass is 323 g/mol. The van der Waals surface area contributed by atoms with Gasteiger partial charge in [0, 0.05) is 25.0 Å². The molecule has 1 aliphatic carbocycles. The maximum absolute atomic E-state index is 13.2.